The number of aryl methyl sites for hydroxylation is 1. The van der Waals surface area contributed by atoms with Crippen LogP contribution >= 0.6 is 15.9 Å². The molecule has 13 heavy (non-hydrogen) atoms. The normalized spacial score (nSPS) is 17.5. The number of hydrogen-bond donors (Lipinski definition) is 0. The second kappa shape index (κ2) is 2.64. The summed E-state index contributed by atoms with van der Waals surface area (Å²) in [5.41, 5.74) is 1.15. The van der Waals surface area contributed by atoms with E-state index in [2.05, 4.69) is 15.9 Å². The first kappa shape index (κ1) is 8.88. The van der Waals surface area contributed by atoms with E-state index in [-0.39, 0.29) is 0 Å². The largest absolute Gasteiger partial charge is 0.449 e. The molecule has 0 spiro atoms. The van der Waals surface area contributed by atoms with Crippen molar-refractivity contribution < 1.29 is 9.47 Å². The first-order valence-corrected chi connectivity index (χ1v) is 4.95. The van der Waals surface area contributed by atoms with E-state index in [4.69, 9.17) is 9.47 Å². The summed E-state index contributed by atoms with van der Waals surface area (Å²) >= 11 is 3.45. The van der Waals surface area contributed by atoms with E-state index in [0.29, 0.717) is 0 Å². The van der Waals surface area contributed by atoms with Crippen molar-refractivity contribution >= 4 is 15.9 Å². The smallest absolute Gasteiger partial charge is 0.246 e. The second-order valence-electron chi connectivity index (χ2n) is 3.65. The van der Waals surface area contributed by atoms with Gasteiger partial charge in [0.1, 0.15) is 0 Å². The molecule has 0 saturated carbocycles. The van der Waals surface area contributed by atoms with Crippen LogP contribution < -0.4 is 9.47 Å². The summed E-state index contributed by atoms with van der Waals surface area (Å²) in [6, 6.07) is 3.92. The number of hydrogen-bond acceptors (Lipinski definition) is 2. The zero-order valence-electron chi connectivity index (χ0n) is 7.85. The Balaban J connectivity index is 2.48. The molecule has 0 N–H and O–H groups in total. The molecule has 0 fully saturated rings. The Labute approximate surface area is 86.0 Å². The minimum absolute atomic E-state index is 0.532. The van der Waals surface area contributed by atoms with Gasteiger partial charge in [-0.05, 0) is 24.6 Å². The minimum atomic E-state index is -0.532. The van der Waals surface area contributed by atoms with Gasteiger partial charge >= 0.3 is 0 Å². The monoisotopic (exact) mass is 242 g/mol. The summed E-state index contributed by atoms with van der Waals surface area (Å²) in [5.74, 6) is 1.10. The van der Waals surface area contributed by atoms with Crippen molar-refractivity contribution in [1.29, 1.82) is 0 Å². The number of rotatable bonds is 0. The highest BCUT2D eigenvalue weighted by molar-refractivity contribution is 9.10. The van der Waals surface area contributed by atoms with Gasteiger partial charge in [-0.3, -0.25) is 0 Å². The van der Waals surface area contributed by atoms with Crippen LogP contribution in [0, 0.1) is 6.92 Å². The first-order chi connectivity index (χ1) is 5.98. The molecule has 2 nitrogen and oxygen atoms in total. The summed E-state index contributed by atoms with van der Waals surface area (Å²) in [6.07, 6.45) is 0. The van der Waals surface area contributed by atoms with Crippen molar-refractivity contribution in [1.82, 2.24) is 0 Å². The highest BCUT2D eigenvalue weighted by Gasteiger charge is 2.31. The Morgan fingerprint density at radius 3 is 2.31 bits per heavy atom. The fourth-order valence-corrected chi connectivity index (χ4v) is 1.67. The van der Waals surface area contributed by atoms with Crippen LogP contribution in [0.15, 0.2) is 16.6 Å². The maximum absolute atomic E-state index is 5.59. The third kappa shape index (κ3) is 1.53. The second-order valence-corrected chi connectivity index (χ2v) is 4.51. The number of ether oxygens (including phenoxy) is 2. The van der Waals surface area contributed by atoms with Crippen molar-refractivity contribution in [3.05, 3.63) is 22.2 Å². The van der Waals surface area contributed by atoms with Crippen LogP contribution in [0.25, 0.3) is 0 Å². The topological polar surface area (TPSA) is 18.5 Å². The fraction of sp³-hybridized carbons (Fsp3) is 0.400. The molecule has 1 heterocycles. The van der Waals surface area contributed by atoms with Crippen molar-refractivity contribution in [3.8, 4) is 11.5 Å². The molecular weight excluding hydrogens is 232 g/mol. The van der Waals surface area contributed by atoms with E-state index in [1.54, 1.807) is 0 Å². The Hall–Kier alpha value is -0.700. The van der Waals surface area contributed by atoms with Crippen molar-refractivity contribution in [3.63, 3.8) is 0 Å². The van der Waals surface area contributed by atoms with Crippen LogP contribution in [-0.2, 0) is 0 Å². The minimum Gasteiger partial charge on any atom is -0.449 e. The van der Waals surface area contributed by atoms with E-state index in [1.165, 1.54) is 0 Å². The van der Waals surface area contributed by atoms with E-state index in [0.717, 1.165) is 21.5 Å². The van der Waals surface area contributed by atoms with Gasteiger partial charge < -0.3 is 9.47 Å². The van der Waals surface area contributed by atoms with Crippen molar-refractivity contribution in [2.75, 3.05) is 0 Å². The van der Waals surface area contributed by atoms with E-state index in [1.807, 2.05) is 32.9 Å². The van der Waals surface area contributed by atoms with Crippen LogP contribution in [0.4, 0.5) is 0 Å². The zero-order chi connectivity index (χ0) is 9.64. The molecule has 0 aliphatic carbocycles. The Kier molecular flexibility index (Phi) is 1.80. The summed E-state index contributed by atoms with van der Waals surface area (Å²) in [6.45, 7) is 5.82. The molecule has 1 aromatic carbocycles. The number of benzene rings is 1. The molecular formula is C10H11BrO2. The van der Waals surface area contributed by atoms with Gasteiger partial charge in [0.15, 0.2) is 11.5 Å². The lowest BCUT2D eigenvalue weighted by atomic mass is 10.2. The van der Waals surface area contributed by atoms with Crippen LogP contribution in [0.5, 0.6) is 11.5 Å². The van der Waals surface area contributed by atoms with Crippen LogP contribution in [0.1, 0.15) is 19.4 Å². The lowest BCUT2D eigenvalue weighted by Crippen LogP contribution is -2.29. The predicted molar refractivity (Wildman–Crippen MR) is 54.2 cm³/mol. The molecule has 3 heteroatoms. The first-order valence-electron chi connectivity index (χ1n) is 4.16. The maximum Gasteiger partial charge on any atom is 0.246 e. The van der Waals surface area contributed by atoms with Crippen LogP contribution in [0.3, 0.4) is 0 Å². The lowest BCUT2D eigenvalue weighted by Gasteiger charge is -2.16. The molecule has 0 amide bonds. The van der Waals surface area contributed by atoms with Gasteiger partial charge in [-0.25, -0.2) is 0 Å². The van der Waals surface area contributed by atoms with Gasteiger partial charge in [0, 0.05) is 18.3 Å². The van der Waals surface area contributed by atoms with Gasteiger partial charge in [-0.1, -0.05) is 15.9 Å². The summed E-state index contributed by atoms with van der Waals surface area (Å²) in [4.78, 5) is 0. The van der Waals surface area contributed by atoms with Crippen LogP contribution in [-0.4, -0.2) is 5.79 Å². The predicted octanol–water partition coefficient (Wildman–Crippen LogP) is 3.26. The molecule has 0 bridgehead atoms. The van der Waals surface area contributed by atoms with Crippen molar-refractivity contribution in [2.45, 2.75) is 26.6 Å². The molecule has 1 aromatic rings. The Bertz CT molecular complexity index is 325. The van der Waals surface area contributed by atoms with Gasteiger partial charge in [-0.2, -0.15) is 0 Å². The molecule has 70 valence electrons. The number of halogens is 1. The maximum atomic E-state index is 5.59. The quantitative estimate of drug-likeness (QED) is 0.696. The van der Waals surface area contributed by atoms with Gasteiger partial charge in [0.2, 0.25) is 5.79 Å². The van der Waals surface area contributed by atoms with Crippen molar-refractivity contribution in [2.24, 2.45) is 0 Å². The average molecular weight is 243 g/mol. The van der Waals surface area contributed by atoms with Gasteiger partial charge in [0.25, 0.3) is 0 Å². The third-order valence-electron chi connectivity index (χ3n) is 1.94. The van der Waals surface area contributed by atoms with E-state index >= 15 is 0 Å². The van der Waals surface area contributed by atoms with Gasteiger partial charge in [0.05, 0.1) is 0 Å². The molecule has 0 aromatic heterocycles. The standard InChI is InChI=1S/C10H11BrO2/c1-6-4-8-9(5-7(6)11)13-10(2,3)12-8/h4-5H,1-3H3. The molecule has 0 saturated heterocycles. The SMILES string of the molecule is Cc1cc2c(cc1Br)OC(C)(C)O2. The van der Waals surface area contributed by atoms with Gasteiger partial charge in [-0.15, -0.1) is 0 Å². The summed E-state index contributed by atoms with van der Waals surface area (Å²) in [5, 5.41) is 0. The molecule has 1 aliphatic heterocycles. The highest BCUT2D eigenvalue weighted by Crippen LogP contribution is 2.41. The summed E-state index contributed by atoms with van der Waals surface area (Å²) in [7, 11) is 0. The van der Waals surface area contributed by atoms with E-state index < -0.39 is 5.79 Å². The molecule has 0 radical (unpaired) electrons. The average Bonchev–Trinajstić information content (AvgIpc) is 2.24. The third-order valence-corrected chi connectivity index (χ3v) is 2.79. The zero-order valence-corrected chi connectivity index (χ0v) is 9.44. The summed E-state index contributed by atoms with van der Waals surface area (Å²) < 4.78 is 12.2. The molecule has 1 aliphatic rings. The number of fused-ring (bicyclic) bond motifs is 1. The fourth-order valence-electron chi connectivity index (χ4n) is 1.35. The van der Waals surface area contributed by atoms with Crippen LogP contribution in [0.2, 0.25) is 0 Å². The Morgan fingerprint density at radius 2 is 1.69 bits per heavy atom. The lowest BCUT2D eigenvalue weighted by molar-refractivity contribution is -0.0431. The highest BCUT2D eigenvalue weighted by atomic mass is 79.9. The molecule has 2 rings (SSSR count). The van der Waals surface area contributed by atoms with E-state index in [9.17, 15) is 0 Å². The molecule has 0 unspecified atom stereocenters. The molecule has 0 atom stereocenters. The Morgan fingerprint density at radius 1 is 1.15 bits per heavy atom.